The second-order valence-electron chi connectivity index (χ2n) is 6.29. The van der Waals surface area contributed by atoms with E-state index in [9.17, 15) is 5.11 Å². The predicted octanol–water partition coefficient (Wildman–Crippen LogP) is 4.00. The Hall–Kier alpha value is -0.0400. The van der Waals surface area contributed by atoms with Crippen molar-refractivity contribution in [2.45, 2.75) is 71.8 Å². The van der Waals surface area contributed by atoms with E-state index in [2.05, 4.69) is 13.8 Å². The van der Waals surface area contributed by atoms with Gasteiger partial charge < -0.3 is 5.11 Å². The zero-order chi connectivity index (χ0) is 11.5. The molecule has 0 aliphatic heterocycles. The molecule has 0 bridgehead atoms. The first-order valence-corrected chi connectivity index (χ1v) is 6.62. The fraction of sp³-hybridized carbons (Fsp3) is 1.00. The lowest BCUT2D eigenvalue weighted by Gasteiger charge is -2.34. The first-order valence-electron chi connectivity index (χ1n) is 6.62. The summed E-state index contributed by atoms with van der Waals surface area (Å²) in [6.45, 7) is 8.46. The first kappa shape index (κ1) is 13.0. The summed E-state index contributed by atoms with van der Waals surface area (Å²) >= 11 is 0. The Labute approximate surface area is 95.3 Å². The molecule has 0 aromatic rings. The van der Waals surface area contributed by atoms with Crippen molar-refractivity contribution >= 4 is 0 Å². The maximum absolute atomic E-state index is 9.73. The van der Waals surface area contributed by atoms with Crippen LogP contribution in [0.15, 0.2) is 0 Å². The SMILES string of the molecule is CC1CC1.CC1CCC(C(C)(C)O)CC1. The molecule has 0 atom stereocenters. The van der Waals surface area contributed by atoms with Crippen LogP contribution in [0.2, 0.25) is 0 Å². The van der Waals surface area contributed by atoms with Crippen molar-refractivity contribution in [1.29, 1.82) is 0 Å². The van der Waals surface area contributed by atoms with E-state index in [0.29, 0.717) is 5.92 Å². The van der Waals surface area contributed by atoms with Gasteiger partial charge in [-0.3, -0.25) is 0 Å². The number of hydrogen-bond donors (Lipinski definition) is 1. The molecule has 90 valence electrons. The normalized spacial score (nSPS) is 31.8. The summed E-state index contributed by atoms with van der Waals surface area (Å²) in [6.07, 6.45) is 8.00. The van der Waals surface area contributed by atoms with Crippen LogP contribution in [0.25, 0.3) is 0 Å². The van der Waals surface area contributed by atoms with E-state index in [-0.39, 0.29) is 0 Å². The third kappa shape index (κ3) is 5.55. The minimum Gasteiger partial charge on any atom is -0.390 e. The number of rotatable bonds is 1. The average molecular weight is 212 g/mol. The lowest BCUT2D eigenvalue weighted by atomic mass is 9.75. The van der Waals surface area contributed by atoms with E-state index in [1.807, 2.05) is 13.8 Å². The summed E-state index contributed by atoms with van der Waals surface area (Å²) in [5, 5.41) is 9.73. The molecular weight excluding hydrogens is 184 g/mol. The predicted molar refractivity (Wildman–Crippen MR) is 65.8 cm³/mol. The van der Waals surface area contributed by atoms with Crippen LogP contribution in [0.4, 0.5) is 0 Å². The Morgan fingerprint density at radius 1 is 0.800 bits per heavy atom. The summed E-state index contributed by atoms with van der Waals surface area (Å²) in [4.78, 5) is 0. The highest BCUT2D eigenvalue weighted by Crippen LogP contribution is 2.34. The third-order valence-corrected chi connectivity index (χ3v) is 3.88. The van der Waals surface area contributed by atoms with E-state index in [1.165, 1.54) is 38.5 Å². The van der Waals surface area contributed by atoms with Gasteiger partial charge in [0, 0.05) is 0 Å². The lowest BCUT2D eigenvalue weighted by molar-refractivity contribution is -0.00466. The molecule has 0 aromatic carbocycles. The van der Waals surface area contributed by atoms with Crippen molar-refractivity contribution in [3.05, 3.63) is 0 Å². The molecule has 0 aromatic heterocycles. The molecule has 1 nitrogen and oxygen atoms in total. The molecule has 0 saturated heterocycles. The van der Waals surface area contributed by atoms with Gasteiger partial charge in [-0.25, -0.2) is 0 Å². The Kier molecular flexibility index (Phi) is 4.64. The zero-order valence-electron chi connectivity index (χ0n) is 10.9. The molecule has 0 spiro atoms. The van der Waals surface area contributed by atoms with Crippen molar-refractivity contribution in [3.63, 3.8) is 0 Å². The molecular formula is C14H28O. The Morgan fingerprint density at radius 2 is 1.13 bits per heavy atom. The molecule has 0 amide bonds. The van der Waals surface area contributed by atoms with Gasteiger partial charge >= 0.3 is 0 Å². The third-order valence-electron chi connectivity index (χ3n) is 3.88. The van der Waals surface area contributed by atoms with Crippen LogP contribution in [-0.2, 0) is 0 Å². The lowest BCUT2D eigenvalue weighted by Crippen LogP contribution is -2.33. The second-order valence-corrected chi connectivity index (χ2v) is 6.29. The van der Waals surface area contributed by atoms with Crippen molar-refractivity contribution < 1.29 is 5.11 Å². The Morgan fingerprint density at radius 3 is 1.40 bits per heavy atom. The largest absolute Gasteiger partial charge is 0.390 e. The molecule has 2 fully saturated rings. The van der Waals surface area contributed by atoms with E-state index in [1.54, 1.807) is 0 Å². The zero-order valence-corrected chi connectivity index (χ0v) is 10.9. The van der Waals surface area contributed by atoms with Crippen LogP contribution < -0.4 is 0 Å². The molecule has 1 heteroatoms. The standard InChI is InChI=1S/C10H20O.C4H8/c1-8-4-6-9(7-5-8)10(2,3)11;1-4-2-3-4/h8-9,11H,4-7H2,1-3H3;4H,2-3H2,1H3. The van der Waals surface area contributed by atoms with Gasteiger partial charge in [-0.1, -0.05) is 39.5 Å². The molecule has 15 heavy (non-hydrogen) atoms. The van der Waals surface area contributed by atoms with E-state index >= 15 is 0 Å². The van der Waals surface area contributed by atoms with E-state index in [4.69, 9.17) is 0 Å². The highest BCUT2D eigenvalue weighted by atomic mass is 16.3. The van der Waals surface area contributed by atoms with Crippen LogP contribution in [-0.4, -0.2) is 10.7 Å². The molecule has 1 N–H and O–H groups in total. The first-order chi connectivity index (χ1) is 6.89. The summed E-state index contributed by atoms with van der Waals surface area (Å²) in [6, 6.07) is 0. The Bertz CT molecular complexity index is 168. The van der Waals surface area contributed by atoms with Crippen molar-refractivity contribution in [2.75, 3.05) is 0 Å². The number of aliphatic hydroxyl groups is 1. The van der Waals surface area contributed by atoms with Crippen molar-refractivity contribution in [2.24, 2.45) is 17.8 Å². The number of hydrogen-bond acceptors (Lipinski definition) is 1. The maximum atomic E-state index is 9.73. The van der Waals surface area contributed by atoms with E-state index < -0.39 is 5.60 Å². The maximum Gasteiger partial charge on any atom is 0.0619 e. The molecule has 2 aliphatic rings. The quantitative estimate of drug-likeness (QED) is 0.696. The topological polar surface area (TPSA) is 20.2 Å². The van der Waals surface area contributed by atoms with Gasteiger partial charge in [0.2, 0.25) is 0 Å². The van der Waals surface area contributed by atoms with Gasteiger partial charge in [0.25, 0.3) is 0 Å². The van der Waals surface area contributed by atoms with Gasteiger partial charge in [-0.05, 0) is 44.4 Å². The van der Waals surface area contributed by atoms with Gasteiger partial charge in [0.05, 0.1) is 5.60 Å². The molecule has 2 aliphatic carbocycles. The van der Waals surface area contributed by atoms with Crippen LogP contribution >= 0.6 is 0 Å². The molecule has 0 radical (unpaired) electrons. The molecule has 0 unspecified atom stereocenters. The minimum atomic E-state index is -0.444. The molecule has 2 rings (SSSR count). The van der Waals surface area contributed by atoms with Crippen LogP contribution in [0.1, 0.15) is 66.2 Å². The van der Waals surface area contributed by atoms with Crippen LogP contribution in [0.3, 0.4) is 0 Å². The van der Waals surface area contributed by atoms with Crippen molar-refractivity contribution in [1.82, 2.24) is 0 Å². The van der Waals surface area contributed by atoms with Gasteiger partial charge in [0.15, 0.2) is 0 Å². The molecule has 0 heterocycles. The van der Waals surface area contributed by atoms with Gasteiger partial charge in [-0.2, -0.15) is 0 Å². The highest BCUT2D eigenvalue weighted by molar-refractivity contribution is 4.81. The summed E-state index contributed by atoms with van der Waals surface area (Å²) in [5.41, 5.74) is -0.444. The van der Waals surface area contributed by atoms with E-state index in [0.717, 1.165) is 11.8 Å². The second kappa shape index (κ2) is 5.34. The summed E-state index contributed by atoms with van der Waals surface area (Å²) < 4.78 is 0. The summed E-state index contributed by atoms with van der Waals surface area (Å²) in [5.74, 6) is 2.51. The smallest absolute Gasteiger partial charge is 0.0619 e. The van der Waals surface area contributed by atoms with Crippen LogP contribution in [0, 0.1) is 17.8 Å². The van der Waals surface area contributed by atoms with Crippen molar-refractivity contribution in [3.8, 4) is 0 Å². The average Bonchev–Trinajstić information content (AvgIpc) is 2.88. The minimum absolute atomic E-state index is 0.444. The summed E-state index contributed by atoms with van der Waals surface area (Å²) in [7, 11) is 0. The Balaban J connectivity index is 0.000000234. The van der Waals surface area contributed by atoms with Gasteiger partial charge in [-0.15, -0.1) is 0 Å². The molecule has 2 saturated carbocycles. The van der Waals surface area contributed by atoms with Crippen LogP contribution in [0.5, 0.6) is 0 Å². The fourth-order valence-corrected chi connectivity index (χ4v) is 2.13. The monoisotopic (exact) mass is 212 g/mol. The fourth-order valence-electron chi connectivity index (χ4n) is 2.13. The van der Waals surface area contributed by atoms with Gasteiger partial charge in [0.1, 0.15) is 0 Å². The highest BCUT2D eigenvalue weighted by Gasteiger charge is 2.29.